The van der Waals surface area contributed by atoms with Gasteiger partial charge >= 0.3 is 0 Å². The lowest BCUT2D eigenvalue weighted by Crippen LogP contribution is -2.51. The molecule has 0 bridgehead atoms. The standard InChI is InChI=1S/C18H27N3OS.2ClH/c1-14-4-3-5-17(15(14)2)20-7-9-21(10-8-20)18(22)12-16-13-23-11-6-19-16;;/h3-5,16,19H,6-13H2,1-2H3;2*1H. The minimum absolute atomic E-state index is 0. The Balaban J connectivity index is 0.00000156. The zero-order valence-corrected chi connectivity index (χ0v) is 17.4. The molecule has 1 aromatic carbocycles. The van der Waals surface area contributed by atoms with Crippen molar-refractivity contribution in [1.82, 2.24) is 10.2 Å². The molecule has 3 rings (SSSR count). The van der Waals surface area contributed by atoms with Crippen LogP contribution in [0, 0.1) is 13.8 Å². The number of piperazine rings is 1. The molecule has 142 valence electrons. The van der Waals surface area contributed by atoms with Gasteiger partial charge in [-0.1, -0.05) is 12.1 Å². The molecule has 1 amide bonds. The second-order valence-electron chi connectivity index (χ2n) is 6.52. The Labute approximate surface area is 167 Å². The monoisotopic (exact) mass is 405 g/mol. The maximum atomic E-state index is 12.5. The molecule has 2 aliphatic rings. The number of carbonyl (C=O) groups is 1. The summed E-state index contributed by atoms with van der Waals surface area (Å²) >= 11 is 1.95. The van der Waals surface area contributed by atoms with Crippen molar-refractivity contribution in [2.45, 2.75) is 26.3 Å². The van der Waals surface area contributed by atoms with Crippen molar-refractivity contribution in [3.8, 4) is 0 Å². The maximum absolute atomic E-state index is 12.5. The van der Waals surface area contributed by atoms with Crippen molar-refractivity contribution in [1.29, 1.82) is 0 Å². The molecule has 0 aliphatic carbocycles. The van der Waals surface area contributed by atoms with Crippen LogP contribution in [0.2, 0.25) is 0 Å². The fourth-order valence-electron chi connectivity index (χ4n) is 3.37. The Kier molecular flexibility index (Phi) is 9.43. The number of halogens is 2. The normalized spacial score (nSPS) is 20.5. The van der Waals surface area contributed by atoms with Crippen molar-refractivity contribution < 1.29 is 4.79 Å². The van der Waals surface area contributed by atoms with E-state index in [0.29, 0.717) is 18.4 Å². The molecule has 2 heterocycles. The zero-order chi connectivity index (χ0) is 16.2. The second-order valence-corrected chi connectivity index (χ2v) is 7.67. The van der Waals surface area contributed by atoms with Gasteiger partial charge in [-0.3, -0.25) is 4.79 Å². The Morgan fingerprint density at radius 1 is 1.20 bits per heavy atom. The number of nitrogens with one attached hydrogen (secondary N) is 1. The third-order valence-corrected chi connectivity index (χ3v) is 6.10. The molecule has 0 saturated carbocycles. The molecule has 7 heteroatoms. The summed E-state index contributed by atoms with van der Waals surface area (Å²) in [7, 11) is 0. The van der Waals surface area contributed by atoms with Gasteiger partial charge in [0.1, 0.15) is 0 Å². The Bertz CT molecular complexity index is 559. The van der Waals surface area contributed by atoms with E-state index in [0.717, 1.165) is 38.5 Å². The topological polar surface area (TPSA) is 35.6 Å². The van der Waals surface area contributed by atoms with Crippen molar-refractivity contribution in [2.75, 3.05) is 49.1 Å². The number of carbonyl (C=O) groups excluding carboxylic acids is 1. The molecule has 2 fully saturated rings. The lowest BCUT2D eigenvalue weighted by Gasteiger charge is -2.37. The van der Waals surface area contributed by atoms with Gasteiger partial charge in [-0.2, -0.15) is 11.8 Å². The molecular weight excluding hydrogens is 377 g/mol. The van der Waals surface area contributed by atoms with Crippen LogP contribution in [0.1, 0.15) is 17.5 Å². The molecule has 25 heavy (non-hydrogen) atoms. The molecule has 0 spiro atoms. The van der Waals surface area contributed by atoms with Crippen LogP contribution in [-0.2, 0) is 4.79 Å². The van der Waals surface area contributed by atoms with Gasteiger partial charge in [0.25, 0.3) is 0 Å². The highest BCUT2D eigenvalue weighted by Crippen LogP contribution is 2.24. The van der Waals surface area contributed by atoms with Crippen LogP contribution in [0.4, 0.5) is 5.69 Å². The van der Waals surface area contributed by atoms with Crippen LogP contribution < -0.4 is 10.2 Å². The first-order valence-electron chi connectivity index (χ1n) is 8.55. The molecule has 1 N–H and O–H groups in total. The zero-order valence-electron chi connectivity index (χ0n) is 15.0. The molecule has 1 aromatic rings. The minimum atomic E-state index is 0. The number of aryl methyl sites for hydroxylation is 1. The highest BCUT2D eigenvalue weighted by Gasteiger charge is 2.25. The molecule has 0 radical (unpaired) electrons. The number of rotatable bonds is 3. The van der Waals surface area contributed by atoms with E-state index in [1.165, 1.54) is 22.6 Å². The van der Waals surface area contributed by atoms with Crippen LogP contribution >= 0.6 is 36.6 Å². The summed E-state index contributed by atoms with van der Waals surface area (Å²) in [4.78, 5) is 17.0. The van der Waals surface area contributed by atoms with Crippen molar-refractivity contribution in [3.05, 3.63) is 29.3 Å². The van der Waals surface area contributed by atoms with E-state index in [1.54, 1.807) is 0 Å². The molecule has 2 saturated heterocycles. The number of benzene rings is 1. The number of thioether (sulfide) groups is 1. The van der Waals surface area contributed by atoms with E-state index < -0.39 is 0 Å². The van der Waals surface area contributed by atoms with Crippen molar-refractivity contribution >= 4 is 48.2 Å². The predicted octanol–water partition coefficient (Wildman–Crippen LogP) is 2.89. The van der Waals surface area contributed by atoms with Gasteiger partial charge in [-0.25, -0.2) is 0 Å². The Hall–Kier alpha value is -0.620. The van der Waals surface area contributed by atoms with Crippen LogP contribution in [-0.4, -0.2) is 61.1 Å². The number of hydrogen-bond donors (Lipinski definition) is 1. The van der Waals surface area contributed by atoms with E-state index in [9.17, 15) is 4.79 Å². The van der Waals surface area contributed by atoms with Crippen molar-refractivity contribution in [3.63, 3.8) is 0 Å². The van der Waals surface area contributed by atoms with Gasteiger partial charge < -0.3 is 15.1 Å². The summed E-state index contributed by atoms with van der Waals surface area (Å²) in [6.07, 6.45) is 0.649. The predicted molar refractivity (Wildman–Crippen MR) is 113 cm³/mol. The van der Waals surface area contributed by atoms with Gasteiger partial charge in [0.2, 0.25) is 5.91 Å². The molecule has 1 atom stereocenters. The smallest absolute Gasteiger partial charge is 0.224 e. The summed E-state index contributed by atoms with van der Waals surface area (Å²) < 4.78 is 0. The number of hydrogen-bond acceptors (Lipinski definition) is 4. The molecule has 4 nitrogen and oxygen atoms in total. The van der Waals surface area contributed by atoms with E-state index in [4.69, 9.17) is 0 Å². The van der Waals surface area contributed by atoms with E-state index in [2.05, 4.69) is 42.3 Å². The van der Waals surface area contributed by atoms with Gasteiger partial charge in [0.15, 0.2) is 0 Å². The number of nitrogens with zero attached hydrogens (tertiary/aromatic N) is 2. The molecule has 0 aromatic heterocycles. The number of anilines is 1. The van der Waals surface area contributed by atoms with Gasteiger partial charge in [-0.15, -0.1) is 24.8 Å². The third-order valence-electron chi connectivity index (χ3n) is 4.97. The van der Waals surface area contributed by atoms with Crippen LogP contribution in [0.15, 0.2) is 18.2 Å². The maximum Gasteiger partial charge on any atom is 0.224 e. The fraction of sp³-hybridized carbons (Fsp3) is 0.611. The highest BCUT2D eigenvalue weighted by atomic mass is 35.5. The first kappa shape index (κ1) is 22.4. The number of amides is 1. The van der Waals surface area contributed by atoms with E-state index in [1.807, 2.05) is 16.7 Å². The first-order chi connectivity index (χ1) is 11.1. The largest absolute Gasteiger partial charge is 0.368 e. The second kappa shape index (κ2) is 10.5. The lowest BCUT2D eigenvalue weighted by molar-refractivity contribution is -0.131. The minimum Gasteiger partial charge on any atom is -0.368 e. The molecule has 2 aliphatic heterocycles. The summed E-state index contributed by atoms with van der Waals surface area (Å²) in [6.45, 7) is 8.93. The Morgan fingerprint density at radius 3 is 2.56 bits per heavy atom. The van der Waals surface area contributed by atoms with Crippen molar-refractivity contribution in [2.24, 2.45) is 0 Å². The SMILES string of the molecule is Cc1cccc(N2CCN(C(=O)CC3CSCCN3)CC2)c1C.Cl.Cl. The average Bonchev–Trinajstić information content (AvgIpc) is 2.58. The first-order valence-corrected chi connectivity index (χ1v) is 9.70. The van der Waals surface area contributed by atoms with Crippen LogP contribution in [0.25, 0.3) is 0 Å². The highest BCUT2D eigenvalue weighted by molar-refractivity contribution is 7.99. The molecule has 1 unspecified atom stereocenters. The summed E-state index contributed by atoms with van der Waals surface area (Å²) in [5, 5.41) is 3.46. The molecular formula is C18H29Cl2N3OS. The quantitative estimate of drug-likeness (QED) is 0.838. The average molecular weight is 406 g/mol. The van der Waals surface area contributed by atoms with Gasteiger partial charge in [-0.05, 0) is 31.0 Å². The summed E-state index contributed by atoms with van der Waals surface area (Å²) in [6, 6.07) is 6.84. The lowest BCUT2D eigenvalue weighted by atomic mass is 10.1. The summed E-state index contributed by atoms with van der Waals surface area (Å²) in [5.41, 5.74) is 4.01. The third kappa shape index (κ3) is 5.68. The van der Waals surface area contributed by atoms with Crippen LogP contribution in [0.3, 0.4) is 0 Å². The summed E-state index contributed by atoms with van der Waals surface area (Å²) in [5.74, 6) is 2.54. The fourth-order valence-corrected chi connectivity index (χ4v) is 4.31. The van der Waals surface area contributed by atoms with E-state index in [-0.39, 0.29) is 24.8 Å². The van der Waals surface area contributed by atoms with Crippen LogP contribution in [0.5, 0.6) is 0 Å². The van der Waals surface area contributed by atoms with Gasteiger partial charge in [0.05, 0.1) is 0 Å². The van der Waals surface area contributed by atoms with E-state index >= 15 is 0 Å². The Morgan fingerprint density at radius 2 is 1.92 bits per heavy atom. The van der Waals surface area contributed by atoms with Gasteiger partial charge in [0, 0.05) is 62.4 Å².